The van der Waals surface area contributed by atoms with E-state index in [0.717, 1.165) is 12.2 Å². The minimum Gasteiger partial charge on any atom is -0.387 e. The zero-order valence-electron chi connectivity index (χ0n) is 12.3. The molecule has 4 nitrogen and oxygen atoms in total. The quantitative estimate of drug-likeness (QED) is 0.791. The smallest absolute Gasteiger partial charge is 0.250 e. The molecule has 0 radical (unpaired) electrons. The maximum Gasteiger partial charge on any atom is 0.250 e. The molecule has 0 bridgehead atoms. The largest absolute Gasteiger partial charge is 0.387 e. The molecule has 21 heavy (non-hydrogen) atoms. The molecule has 0 aromatic heterocycles. The van der Waals surface area contributed by atoms with E-state index in [1.54, 1.807) is 6.07 Å². The number of carbonyl (C=O) groups excluding carboxylic acids is 1. The SMILES string of the molecule is Cc1ccc(CNc2cccc(NC(=O)CO)c2)cc1C. The van der Waals surface area contributed by atoms with Gasteiger partial charge in [-0.15, -0.1) is 0 Å². The number of aliphatic hydroxyl groups excluding tert-OH is 1. The molecule has 110 valence electrons. The lowest BCUT2D eigenvalue weighted by Crippen LogP contribution is -2.15. The normalized spacial score (nSPS) is 10.2. The Balaban J connectivity index is 2.01. The summed E-state index contributed by atoms with van der Waals surface area (Å²) in [5, 5.41) is 14.7. The van der Waals surface area contributed by atoms with Crippen molar-refractivity contribution in [2.75, 3.05) is 17.2 Å². The number of hydrogen-bond donors (Lipinski definition) is 3. The second-order valence-corrected chi connectivity index (χ2v) is 5.06. The van der Waals surface area contributed by atoms with E-state index in [-0.39, 0.29) is 0 Å². The Morgan fingerprint density at radius 3 is 2.52 bits per heavy atom. The number of aliphatic hydroxyl groups is 1. The van der Waals surface area contributed by atoms with Crippen LogP contribution < -0.4 is 10.6 Å². The zero-order chi connectivity index (χ0) is 15.2. The van der Waals surface area contributed by atoms with Crippen molar-refractivity contribution in [2.24, 2.45) is 0 Å². The molecule has 2 aromatic rings. The average molecular weight is 284 g/mol. The van der Waals surface area contributed by atoms with E-state index in [4.69, 9.17) is 5.11 Å². The fourth-order valence-electron chi connectivity index (χ4n) is 2.03. The van der Waals surface area contributed by atoms with Crippen LogP contribution in [-0.4, -0.2) is 17.6 Å². The minimum absolute atomic E-state index is 0.415. The summed E-state index contributed by atoms with van der Waals surface area (Å²) in [6.07, 6.45) is 0. The van der Waals surface area contributed by atoms with Gasteiger partial charge in [-0.2, -0.15) is 0 Å². The second-order valence-electron chi connectivity index (χ2n) is 5.06. The summed E-state index contributed by atoms with van der Waals surface area (Å²) < 4.78 is 0. The first-order valence-electron chi connectivity index (χ1n) is 6.89. The lowest BCUT2D eigenvalue weighted by molar-refractivity contribution is -0.118. The number of anilines is 2. The zero-order valence-corrected chi connectivity index (χ0v) is 12.3. The fraction of sp³-hybridized carbons (Fsp3) is 0.235. The highest BCUT2D eigenvalue weighted by Gasteiger charge is 2.01. The summed E-state index contributed by atoms with van der Waals surface area (Å²) in [6, 6.07) is 13.8. The van der Waals surface area contributed by atoms with E-state index >= 15 is 0 Å². The van der Waals surface area contributed by atoms with Crippen molar-refractivity contribution in [1.29, 1.82) is 0 Å². The third-order valence-corrected chi connectivity index (χ3v) is 3.36. The van der Waals surface area contributed by atoms with Gasteiger partial charge in [0.25, 0.3) is 0 Å². The lowest BCUT2D eigenvalue weighted by Gasteiger charge is -2.10. The first-order chi connectivity index (χ1) is 10.1. The molecule has 4 heteroatoms. The van der Waals surface area contributed by atoms with Gasteiger partial charge in [0.05, 0.1) is 0 Å². The number of aryl methyl sites for hydroxylation is 2. The van der Waals surface area contributed by atoms with E-state index in [1.807, 2.05) is 18.2 Å². The van der Waals surface area contributed by atoms with Crippen molar-refractivity contribution in [2.45, 2.75) is 20.4 Å². The summed E-state index contributed by atoms with van der Waals surface area (Å²) in [6.45, 7) is 4.41. The Labute approximate surface area is 124 Å². The number of benzene rings is 2. The van der Waals surface area contributed by atoms with Crippen LogP contribution in [0.2, 0.25) is 0 Å². The molecule has 0 heterocycles. The summed E-state index contributed by atoms with van der Waals surface area (Å²) in [7, 11) is 0. The Bertz CT molecular complexity index is 638. The molecule has 2 aromatic carbocycles. The monoisotopic (exact) mass is 284 g/mol. The van der Waals surface area contributed by atoms with Gasteiger partial charge in [0, 0.05) is 17.9 Å². The molecule has 0 atom stereocenters. The Morgan fingerprint density at radius 2 is 1.81 bits per heavy atom. The molecule has 0 unspecified atom stereocenters. The van der Waals surface area contributed by atoms with Crippen LogP contribution in [0.1, 0.15) is 16.7 Å². The molecular weight excluding hydrogens is 264 g/mol. The second kappa shape index (κ2) is 6.90. The molecule has 2 rings (SSSR count). The molecule has 0 spiro atoms. The maximum atomic E-state index is 11.2. The Morgan fingerprint density at radius 1 is 1.05 bits per heavy atom. The molecule has 0 saturated carbocycles. The van der Waals surface area contributed by atoms with E-state index in [9.17, 15) is 4.79 Å². The lowest BCUT2D eigenvalue weighted by atomic mass is 10.1. The van der Waals surface area contributed by atoms with Crippen LogP contribution in [0.25, 0.3) is 0 Å². The Kier molecular flexibility index (Phi) is 4.95. The summed E-state index contributed by atoms with van der Waals surface area (Å²) in [5.41, 5.74) is 5.36. The third-order valence-electron chi connectivity index (χ3n) is 3.36. The topological polar surface area (TPSA) is 61.4 Å². The van der Waals surface area contributed by atoms with Gasteiger partial charge >= 0.3 is 0 Å². The number of carbonyl (C=O) groups is 1. The summed E-state index contributed by atoms with van der Waals surface area (Å²) in [4.78, 5) is 11.2. The van der Waals surface area contributed by atoms with Crippen LogP contribution in [0.4, 0.5) is 11.4 Å². The van der Waals surface area contributed by atoms with E-state index in [0.29, 0.717) is 5.69 Å². The molecular formula is C17H20N2O2. The predicted molar refractivity (Wildman–Crippen MR) is 85.4 cm³/mol. The van der Waals surface area contributed by atoms with Crippen molar-refractivity contribution in [3.63, 3.8) is 0 Å². The summed E-state index contributed by atoms with van der Waals surface area (Å²) >= 11 is 0. The number of amides is 1. The van der Waals surface area contributed by atoms with Gasteiger partial charge in [0.1, 0.15) is 6.61 Å². The molecule has 0 saturated heterocycles. The van der Waals surface area contributed by atoms with Crippen LogP contribution in [0.5, 0.6) is 0 Å². The van der Waals surface area contributed by atoms with Gasteiger partial charge in [0.2, 0.25) is 5.91 Å². The van der Waals surface area contributed by atoms with Crippen molar-refractivity contribution in [3.8, 4) is 0 Å². The highest BCUT2D eigenvalue weighted by molar-refractivity contribution is 5.91. The van der Waals surface area contributed by atoms with Gasteiger partial charge in [-0.25, -0.2) is 0 Å². The van der Waals surface area contributed by atoms with E-state index < -0.39 is 12.5 Å². The van der Waals surface area contributed by atoms with Gasteiger partial charge in [-0.05, 0) is 48.7 Å². The highest BCUT2D eigenvalue weighted by Crippen LogP contribution is 2.17. The van der Waals surface area contributed by atoms with Crippen LogP contribution >= 0.6 is 0 Å². The molecule has 0 aliphatic heterocycles. The average Bonchev–Trinajstić information content (AvgIpc) is 2.49. The van der Waals surface area contributed by atoms with Crippen molar-refractivity contribution < 1.29 is 9.90 Å². The predicted octanol–water partition coefficient (Wildman–Crippen LogP) is 2.85. The number of rotatable bonds is 5. The van der Waals surface area contributed by atoms with Gasteiger partial charge in [-0.3, -0.25) is 4.79 Å². The number of hydrogen-bond acceptors (Lipinski definition) is 3. The Hall–Kier alpha value is -2.33. The van der Waals surface area contributed by atoms with Gasteiger partial charge < -0.3 is 15.7 Å². The van der Waals surface area contributed by atoms with Crippen LogP contribution in [0.3, 0.4) is 0 Å². The van der Waals surface area contributed by atoms with Gasteiger partial charge in [-0.1, -0.05) is 24.3 Å². The van der Waals surface area contributed by atoms with Crippen molar-refractivity contribution in [3.05, 3.63) is 59.2 Å². The molecule has 3 N–H and O–H groups in total. The molecule has 0 aliphatic rings. The highest BCUT2D eigenvalue weighted by atomic mass is 16.3. The summed E-state index contributed by atoms with van der Waals surface area (Å²) in [5.74, 6) is -0.415. The molecule has 1 amide bonds. The molecule has 0 aliphatic carbocycles. The molecule has 0 fully saturated rings. The first kappa shape index (κ1) is 15.1. The van der Waals surface area contributed by atoms with Crippen molar-refractivity contribution in [1.82, 2.24) is 0 Å². The van der Waals surface area contributed by atoms with E-state index in [1.165, 1.54) is 16.7 Å². The van der Waals surface area contributed by atoms with Crippen LogP contribution in [0, 0.1) is 13.8 Å². The van der Waals surface area contributed by atoms with Crippen molar-refractivity contribution >= 4 is 17.3 Å². The van der Waals surface area contributed by atoms with Crippen LogP contribution in [0.15, 0.2) is 42.5 Å². The fourth-order valence-corrected chi connectivity index (χ4v) is 2.03. The van der Waals surface area contributed by atoms with E-state index in [2.05, 4.69) is 42.7 Å². The first-order valence-corrected chi connectivity index (χ1v) is 6.89. The standard InChI is InChI=1S/C17H20N2O2/c1-12-6-7-14(8-13(12)2)10-18-15-4-3-5-16(9-15)19-17(21)11-20/h3-9,18,20H,10-11H2,1-2H3,(H,19,21). The van der Waals surface area contributed by atoms with Crippen LogP contribution in [-0.2, 0) is 11.3 Å². The third kappa shape index (κ3) is 4.33. The minimum atomic E-state index is -0.514. The number of nitrogens with one attached hydrogen (secondary N) is 2. The van der Waals surface area contributed by atoms with Gasteiger partial charge in [0.15, 0.2) is 0 Å². The maximum absolute atomic E-state index is 11.2.